The molecule has 0 amide bonds. The molecule has 0 aliphatic carbocycles. The highest BCUT2D eigenvalue weighted by molar-refractivity contribution is 7.00. The summed E-state index contributed by atoms with van der Waals surface area (Å²) in [6.07, 6.45) is 3.57. The molecular weight excluding hydrogens is 276 g/mol. The van der Waals surface area contributed by atoms with Gasteiger partial charge in [-0.1, -0.05) is 10.7 Å². The van der Waals surface area contributed by atoms with Crippen LogP contribution in [0.15, 0.2) is 36.7 Å². The lowest BCUT2D eigenvalue weighted by molar-refractivity contribution is -0.752. The molecule has 7 heteroatoms. The first-order chi connectivity index (χ1) is 9.72. The predicted octanol–water partition coefficient (Wildman–Crippen LogP) is 1.52. The van der Waals surface area contributed by atoms with Crippen LogP contribution in [0.25, 0.3) is 22.2 Å². The fraction of sp³-hybridized carbons (Fsp3) is 0.154. The van der Waals surface area contributed by atoms with Gasteiger partial charge < -0.3 is 5.11 Å². The Morgan fingerprint density at radius 3 is 2.80 bits per heavy atom. The Kier molecular flexibility index (Phi) is 3.34. The maximum Gasteiger partial charge on any atom is 0.309 e. The van der Waals surface area contributed by atoms with E-state index < -0.39 is 5.97 Å². The van der Waals surface area contributed by atoms with E-state index >= 15 is 0 Å². The molecule has 0 unspecified atom stereocenters. The van der Waals surface area contributed by atoms with E-state index in [1.165, 1.54) is 11.7 Å². The van der Waals surface area contributed by atoms with Crippen molar-refractivity contribution >= 4 is 28.7 Å². The predicted molar refractivity (Wildman–Crippen MR) is 73.1 cm³/mol. The van der Waals surface area contributed by atoms with E-state index in [9.17, 15) is 4.79 Å². The maximum absolute atomic E-state index is 10.5. The molecule has 2 heterocycles. The van der Waals surface area contributed by atoms with Crippen LogP contribution < -0.4 is 4.68 Å². The first-order valence-electron chi connectivity index (χ1n) is 6.02. The first-order valence-corrected chi connectivity index (χ1v) is 6.76. The second-order valence-electron chi connectivity index (χ2n) is 4.29. The van der Waals surface area contributed by atoms with Gasteiger partial charge in [-0.25, -0.2) is 0 Å². The lowest BCUT2D eigenvalue weighted by atomic mass is 10.1. The van der Waals surface area contributed by atoms with Crippen LogP contribution in [0, 0.1) is 0 Å². The Hall–Kier alpha value is -2.41. The van der Waals surface area contributed by atoms with Crippen molar-refractivity contribution < 1.29 is 14.6 Å². The number of aryl methyl sites for hydroxylation is 1. The van der Waals surface area contributed by atoms with E-state index in [-0.39, 0.29) is 6.42 Å². The van der Waals surface area contributed by atoms with Gasteiger partial charge in [-0.15, -0.1) is 0 Å². The summed E-state index contributed by atoms with van der Waals surface area (Å²) in [4.78, 5) is 10.5. The minimum Gasteiger partial charge on any atom is -0.481 e. The van der Waals surface area contributed by atoms with Crippen LogP contribution in [0.3, 0.4) is 0 Å². The highest BCUT2D eigenvalue weighted by Gasteiger charge is 2.08. The fourth-order valence-corrected chi connectivity index (χ4v) is 2.38. The number of carbonyl (C=O) groups is 1. The minimum absolute atomic E-state index is 0.0630. The van der Waals surface area contributed by atoms with Crippen molar-refractivity contribution in [2.45, 2.75) is 13.0 Å². The average Bonchev–Trinajstić information content (AvgIpc) is 2.93. The molecule has 0 radical (unpaired) electrons. The largest absolute Gasteiger partial charge is 0.481 e. The molecular formula is C13H11N4O2S+. The van der Waals surface area contributed by atoms with Gasteiger partial charge in [-0.05, 0) is 22.8 Å². The molecule has 0 spiro atoms. The molecule has 0 atom stereocenters. The molecule has 100 valence electrons. The molecule has 0 aliphatic heterocycles. The molecule has 1 aromatic carbocycles. The van der Waals surface area contributed by atoms with Gasteiger partial charge in [-0.3, -0.25) is 4.79 Å². The molecule has 3 aromatic rings. The van der Waals surface area contributed by atoms with Crippen LogP contribution in [-0.4, -0.2) is 24.9 Å². The van der Waals surface area contributed by atoms with E-state index in [0.717, 1.165) is 22.2 Å². The van der Waals surface area contributed by atoms with Crippen molar-refractivity contribution in [3.05, 3.63) is 36.7 Å². The van der Waals surface area contributed by atoms with E-state index in [1.54, 1.807) is 17.1 Å². The Balaban J connectivity index is 1.84. The van der Waals surface area contributed by atoms with Crippen molar-refractivity contribution in [1.29, 1.82) is 0 Å². The normalized spacial score (nSPS) is 10.8. The minimum atomic E-state index is -0.829. The molecule has 0 saturated carbocycles. The number of fused-ring (bicyclic) bond motifs is 1. The fourth-order valence-electron chi connectivity index (χ4n) is 1.86. The van der Waals surface area contributed by atoms with Gasteiger partial charge >= 0.3 is 5.97 Å². The van der Waals surface area contributed by atoms with Crippen LogP contribution >= 0.6 is 11.7 Å². The zero-order chi connectivity index (χ0) is 13.9. The van der Waals surface area contributed by atoms with Crippen LogP contribution in [0.1, 0.15) is 6.42 Å². The van der Waals surface area contributed by atoms with Gasteiger partial charge in [0.25, 0.3) is 0 Å². The molecule has 0 bridgehead atoms. The van der Waals surface area contributed by atoms with Crippen molar-refractivity contribution in [3.8, 4) is 11.1 Å². The number of aliphatic carboxylic acids is 1. The van der Waals surface area contributed by atoms with Gasteiger partial charge in [0.2, 0.25) is 0 Å². The summed E-state index contributed by atoms with van der Waals surface area (Å²) < 4.78 is 9.99. The zero-order valence-corrected chi connectivity index (χ0v) is 11.2. The number of benzene rings is 1. The first kappa shape index (κ1) is 12.6. The molecule has 0 fully saturated rings. The second-order valence-corrected chi connectivity index (χ2v) is 4.82. The monoisotopic (exact) mass is 287 g/mol. The summed E-state index contributed by atoms with van der Waals surface area (Å²) in [6.45, 7) is 0.366. The van der Waals surface area contributed by atoms with Crippen molar-refractivity contribution in [3.63, 3.8) is 0 Å². The standard InChI is InChI=1S/C13H10N4O2S/c18-13(19)4-6-17-5-3-10(8-14-17)9-1-2-11-12(7-9)16-20-15-11/h1-3,5,7-8H,4,6H2/p+1. The van der Waals surface area contributed by atoms with Crippen LogP contribution in [0.2, 0.25) is 0 Å². The molecule has 20 heavy (non-hydrogen) atoms. The molecule has 6 nitrogen and oxygen atoms in total. The summed E-state index contributed by atoms with van der Waals surface area (Å²) >= 11 is 1.19. The SMILES string of the molecule is O=C(O)CC[n+]1ccc(-c2ccc3nsnc3c2)cn1. The third kappa shape index (κ3) is 2.62. The van der Waals surface area contributed by atoms with Gasteiger partial charge in [0.1, 0.15) is 23.7 Å². The summed E-state index contributed by atoms with van der Waals surface area (Å²) in [7, 11) is 0. The Morgan fingerprint density at radius 1 is 1.20 bits per heavy atom. The lowest BCUT2D eigenvalue weighted by Gasteiger charge is -1.99. The van der Waals surface area contributed by atoms with Gasteiger partial charge in [0, 0.05) is 11.6 Å². The van der Waals surface area contributed by atoms with Crippen molar-refractivity contribution in [2.75, 3.05) is 0 Å². The van der Waals surface area contributed by atoms with Crippen molar-refractivity contribution in [1.82, 2.24) is 13.8 Å². The highest BCUT2D eigenvalue weighted by Crippen LogP contribution is 2.21. The van der Waals surface area contributed by atoms with Gasteiger partial charge in [-0.2, -0.15) is 8.75 Å². The van der Waals surface area contributed by atoms with E-state index in [2.05, 4.69) is 13.8 Å². The highest BCUT2D eigenvalue weighted by atomic mass is 32.1. The molecule has 0 saturated heterocycles. The van der Waals surface area contributed by atoms with Crippen molar-refractivity contribution in [2.24, 2.45) is 0 Å². The molecule has 0 aliphatic rings. The van der Waals surface area contributed by atoms with Gasteiger partial charge in [0.05, 0.1) is 11.7 Å². The molecule has 2 aromatic heterocycles. The van der Waals surface area contributed by atoms with E-state index in [1.807, 2.05) is 24.3 Å². The van der Waals surface area contributed by atoms with Gasteiger partial charge in [0.15, 0.2) is 12.7 Å². The number of rotatable bonds is 4. The van der Waals surface area contributed by atoms with Crippen LogP contribution in [0.4, 0.5) is 0 Å². The van der Waals surface area contributed by atoms with Crippen LogP contribution in [-0.2, 0) is 11.3 Å². The zero-order valence-electron chi connectivity index (χ0n) is 10.4. The summed E-state index contributed by atoms with van der Waals surface area (Å²) in [5, 5.41) is 12.8. The maximum atomic E-state index is 10.5. The molecule has 3 rings (SSSR count). The quantitative estimate of drug-likeness (QED) is 0.736. The topological polar surface area (TPSA) is 79.9 Å². The Bertz CT molecular complexity index is 754. The number of nitrogens with zero attached hydrogens (tertiary/aromatic N) is 4. The Morgan fingerprint density at radius 2 is 2.05 bits per heavy atom. The summed E-state index contributed by atoms with van der Waals surface area (Å²) in [5.74, 6) is -0.829. The number of aromatic nitrogens is 4. The second kappa shape index (κ2) is 5.30. The third-order valence-electron chi connectivity index (χ3n) is 2.91. The summed E-state index contributed by atoms with van der Waals surface area (Å²) in [6, 6.07) is 7.79. The smallest absolute Gasteiger partial charge is 0.309 e. The lowest BCUT2D eigenvalue weighted by Crippen LogP contribution is -2.38. The summed E-state index contributed by atoms with van der Waals surface area (Å²) in [5.41, 5.74) is 3.74. The van der Waals surface area contributed by atoms with E-state index in [4.69, 9.17) is 5.11 Å². The average molecular weight is 287 g/mol. The third-order valence-corrected chi connectivity index (χ3v) is 3.47. The number of carboxylic acids is 1. The molecule has 1 N–H and O–H groups in total. The number of hydrogen-bond acceptors (Lipinski definition) is 5. The van der Waals surface area contributed by atoms with Crippen LogP contribution in [0.5, 0.6) is 0 Å². The van der Waals surface area contributed by atoms with E-state index in [0.29, 0.717) is 6.54 Å². The Labute approximate surface area is 118 Å². The number of hydrogen-bond donors (Lipinski definition) is 1. The number of carboxylic acid groups (broad SMARTS) is 1.